The van der Waals surface area contributed by atoms with Gasteiger partial charge in [0.05, 0.1) is 5.52 Å². The maximum Gasteiger partial charge on any atom is 0.312 e. The van der Waals surface area contributed by atoms with Crippen LogP contribution in [0.1, 0.15) is 16.9 Å². The van der Waals surface area contributed by atoms with Crippen molar-refractivity contribution in [2.75, 3.05) is 39.3 Å². The molecular weight excluding hydrogens is 374 g/mol. The zero-order valence-corrected chi connectivity index (χ0v) is 15.0. The first kappa shape index (κ1) is 19.7. The maximum absolute atomic E-state index is 13.8. The van der Waals surface area contributed by atoms with Crippen LogP contribution in [0.4, 0.5) is 8.78 Å². The van der Waals surface area contributed by atoms with Crippen LogP contribution in [0.25, 0.3) is 10.9 Å². The second-order valence-corrected chi connectivity index (χ2v) is 6.45. The molecule has 0 radical (unpaired) electrons. The molecule has 3 amide bonds. The van der Waals surface area contributed by atoms with Gasteiger partial charge in [0.1, 0.15) is 17.3 Å². The van der Waals surface area contributed by atoms with Crippen molar-refractivity contribution >= 4 is 28.6 Å². The molecule has 0 bridgehead atoms. The zero-order chi connectivity index (χ0) is 20.3. The Kier molecular flexibility index (Phi) is 5.88. The highest BCUT2D eigenvalue weighted by atomic mass is 19.1. The number of carbonyl (C=O) groups is 3. The number of halogens is 2. The Morgan fingerprint density at radius 1 is 1.07 bits per heavy atom. The van der Waals surface area contributed by atoms with Gasteiger partial charge in [0.25, 0.3) is 5.91 Å². The molecule has 1 fully saturated rings. The molecule has 2 aromatic rings. The van der Waals surface area contributed by atoms with Crippen molar-refractivity contribution < 1.29 is 28.3 Å². The number of carbonyl (C=O) groups excluding carboxylic acids is 3. The Morgan fingerprint density at radius 2 is 1.75 bits per heavy atom. The Bertz CT molecular complexity index is 906. The number of nitrogens with one attached hydrogen (secondary N) is 2. The lowest BCUT2D eigenvalue weighted by Crippen LogP contribution is -2.54. The lowest BCUT2D eigenvalue weighted by molar-refractivity contribution is -0.146. The molecule has 3 N–H and O–H groups in total. The molecule has 3 rings (SSSR count). The van der Waals surface area contributed by atoms with Gasteiger partial charge in [-0.15, -0.1) is 0 Å². The number of H-pyrrole nitrogens is 1. The van der Waals surface area contributed by atoms with Crippen LogP contribution < -0.4 is 5.32 Å². The van der Waals surface area contributed by atoms with Crippen molar-refractivity contribution in [1.82, 2.24) is 20.1 Å². The number of aromatic nitrogens is 1. The number of aromatic amines is 1. The van der Waals surface area contributed by atoms with E-state index in [1.165, 1.54) is 15.9 Å². The SMILES string of the molecule is O=C(NCCCO)C(=O)N1CCN(C(=O)c2cc3c(F)cc(F)cc3[nH]2)CC1. The van der Waals surface area contributed by atoms with Gasteiger partial charge in [0.2, 0.25) is 0 Å². The fourth-order valence-electron chi connectivity index (χ4n) is 3.06. The molecule has 8 nitrogen and oxygen atoms in total. The van der Waals surface area contributed by atoms with Gasteiger partial charge in [-0.1, -0.05) is 0 Å². The van der Waals surface area contributed by atoms with E-state index in [0.29, 0.717) is 6.42 Å². The van der Waals surface area contributed by atoms with Crippen molar-refractivity contribution in [3.8, 4) is 0 Å². The molecular formula is C18H20F2N4O4. The minimum atomic E-state index is -0.757. The minimum absolute atomic E-state index is 0.0838. The number of aliphatic hydroxyl groups excluding tert-OH is 1. The van der Waals surface area contributed by atoms with E-state index in [1.807, 2.05) is 0 Å². The largest absolute Gasteiger partial charge is 0.396 e. The predicted molar refractivity (Wildman–Crippen MR) is 95.4 cm³/mol. The first-order valence-corrected chi connectivity index (χ1v) is 8.85. The highest BCUT2D eigenvalue weighted by molar-refractivity contribution is 6.35. The van der Waals surface area contributed by atoms with E-state index in [0.717, 1.165) is 12.1 Å². The summed E-state index contributed by atoms with van der Waals surface area (Å²) in [6.07, 6.45) is 0.357. The van der Waals surface area contributed by atoms with Gasteiger partial charge in [-0.25, -0.2) is 8.78 Å². The standard InChI is InChI=1S/C18H20F2N4O4/c19-11-8-13(20)12-10-15(22-14(12)9-11)17(27)23-3-5-24(6-4-23)18(28)16(26)21-2-1-7-25/h8-10,22,25H,1-7H2,(H,21,26). The topological polar surface area (TPSA) is 106 Å². The van der Waals surface area contributed by atoms with Crippen LogP contribution in [0.5, 0.6) is 0 Å². The van der Waals surface area contributed by atoms with Gasteiger partial charge in [0, 0.05) is 50.8 Å². The minimum Gasteiger partial charge on any atom is -0.396 e. The lowest BCUT2D eigenvalue weighted by Gasteiger charge is -2.34. The highest BCUT2D eigenvalue weighted by Gasteiger charge is 2.28. The molecule has 0 unspecified atom stereocenters. The van der Waals surface area contributed by atoms with Crippen LogP contribution in [0, 0.1) is 11.6 Å². The average molecular weight is 394 g/mol. The summed E-state index contributed by atoms with van der Waals surface area (Å²) < 4.78 is 27.1. The molecule has 1 aromatic heterocycles. The molecule has 1 aromatic carbocycles. The Hall–Kier alpha value is -3.01. The van der Waals surface area contributed by atoms with Crippen molar-refractivity contribution in [2.45, 2.75) is 6.42 Å². The summed E-state index contributed by atoms with van der Waals surface area (Å²) in [5, 5.41) is 11.2. The van der Waals surface area contributed by atoms with Gasteiger partial charge < -0.3 is 25.2 Å². The smallest absolute Gasteiger partial charge is 0.312 e. The van der Waals surface area contributed by atoms with Crippen molar-refractivity contribution in [3.63, 3.8) is 0 Å². The van der Waals surface area contributed by atoms with E-state index in [9.17, 15) is 23.2 Å². The third-order valence-corrected chi connectivity index (χ3v) is 4.55. The Morgan fingerprint density at radius 3 is 2.43 bits per heavy atom. The molecule has 0 aliphatic carbocycles. The van der Waals surface area contributed by atoms with Crippen LogP contribution in [-0.4, -0.2) is 76.9 Å². The number of rotatable bonds is 4. The molecule has 10 heteroatoms. The van der Waals surface area contributed by atoms with Gasteiger partial charge in [-0.3, -0.25) is 14.4 Å². The molecule has 0 spiro atoms. The van der Waals surface area contributed by atoms with Crippen molar-refractivity contribution in [1.29, 1.82) is 0 Å². The number of nitrogens with zero attached hydrogens (tertiary/aromatic N) is 2. The number of fused-ring (bicyclic) bond motifs is 1. The molecule has 28 heavy (non-hydrogen) atoms. The van der Waals surface area contributed by atoms with E-state index in [1.54, 1.807) is 0 Å². The summed E-state index contributed by atoms with van der Waals surface area (Å²) in [5.41, 5.74) is 0.315. The first-order chi connectivity index (χ1) is 13.4. The summed E-state index contributed by atoms with van der Waals surface area (Å²) in [5.74, 6) is -3.33. The normalized spacial score (nSPS) is 14.4. The first-order valence-electron chi connectivity index (χ1n) is 8.85. The fourth-order valence-corrected chi connectivity index (χ4v) is 3.06. The molecule has 2 heterocycles. The van der Waals surface area contributed by atoms with Gasteiger partial charge in [0.15, 0.2) is 0 Å². The molecule has 1 aliphatic heterocycles. The number of hydrogen-bond acceptors (Lipinski definition) is 4. The predicted octanol–water partition coefficient (Wildman–Crippen LogP) is 0.229. The summed E-state index contributed by atoms with van der Waals surface area (Å²) in [7, 11) is 0. The van der Waals surface area contributed by atoms with Crippen LogP contribution in [-0.2, 0) is 9.59 Å². The third kappa shape index (κ3) is 4.11. The highest BCUT2D eigenvalue weighted by Crippen LogP contribution is 2.21. The number of benzene rings is 1. The third-order valence-electron chi connectivity index (χ3n) is 4.55. The Labute approximate surface area is 159 Å². The van der Waals surface area contributed by atoms with Crippen molar-refractivity contribution in [3.05, 3.63) is 35.5 Å². The lowest BCUT2D eigenvalue weighted by atomic mass is 10.2. The van der Waals surface area contributed by atoms with Crippen molar-refractivity contribution in [2.24, 2.45) is 0 Å². The molecule has 1 aliphatic rings. The second-order valence-electron chi connectivity index (χ2n) is 6.45. The fraction of sp³-hybridized carbons (Fsp3) is 0.389. The number of hydrogen-bond donors (Lipinski definition) is 3. The molecule has 0 saturated carbocycles. The summed E-state index contributed by atoms with van der Waals surface area (Å²) in [4.78, 5) is 42.0. The Balaban J connectivity index is 1.60. The molecule has 1 saturated heterocycles. The molecule has 150 valence electrons. The van der Waals surface area contributed by atoms with Gasteiger partial charge in [-0.2, -0.15) is 0 Å². The van der Waals surface area contributed by atoms with Gasteiger partial charge >= 0.3 is 11.8 Å². The summed E-state index contributed by atoms with van der Waals surface area (Å²) in [6.45, 7) is 0.903. The van der Waals surface area contributed by atoms with E-state index in [2.05, 4.69) is 10.3 Å². The maximum atomic E-state index is 13.8. The van der Waals surface area contributed by atoms with Crippen LogP contribution in [0.3, 0.4) is 0 Å². The zero-order valence-electron chi connectivity index (χ0n) is 15.0. The van der Waals surface area contributed by atoms with Gasteiger partial charge in [-0.05, 0) is 18.6 Å². The van der Waals surface area contributed by atoms with Crippen LogP contribution in [0.15, 0.2) is 18.2 Å². The average Bonchev–Trinajstić information content (AvgIpc) is 3.11. The number of aliphatic hydroxyl groups is 1. The van der Waals surface area contributed by atoms with Crippen LogP contribution >= 0.6 is 0 Å². The second kappa shape index (κ2) is 8.34. The van der Waals surface area contributed by atoms with E-state index < -0.39 is 29.4 Å². The number of piperazine rings is 1. The number of amides is 3. The summed E-state index contributed by atoms with van der Waals surface area (Å²) in [6, 6.07) is 3.19. The monoisotopic (exact) mass is 394 g/mol. The van der Waals surface area contributed by atoms with E-state index in [-0.39, 0.29) is 55.9 Å². The van der Waals surface area contributed by atoms with Crippen LogP contribution in [0.2, 0.25) is 0 Å². The van der Waals surface area contributed by atoms with E-state index in [4.69, 9.17) is 5.11 Å². The molecule has 0 atom stereocenters. The quantitative estimate of drug-likeness (QED) is 0.510. The summed E-state index contributed by atoms with van der Waals surface area (Å²) >= 11 is 0. The van der Waals surface area contributed by atoms with E-state index >= 15 is 0 Å².